The lowest BCUT2D eigenvalue weighted by atomic mass is 9.89. The van der Waals surface area contributed by atoms with Crippen molar-refractivity contribution in [2.75, 3.05) is 0 Å². The molecule has 0 saturated carbocycles. The molecule has 0 fully saturated rings. The molecule has 2 heterocycles. The molecule has 0 saturated heterocycles. The zero-order valence-electron chi connectivity index (χ0n) is 37.6. The molecule has 0 N–H and O–H groups in total. The van der Waals surface area contributed by atoms with Crippen molar-refractivity contribution in [2.45, 2.75) is 0 Å². The Morgan fingerprint density at radius 2 is 0.725 bits per heavy atom. The largest absolute Gasteiger partial charge is 0.455 e. The van der Waals surface area contributed by atoms with Crippen LogP contribution in [0.15, 0.2) is 259 Å². The standard InChI is InChI=1S/C66H42N2O/c1-4-15-43(16-5-1)45-27-29-46(30-28-45)52-38-53(50-23-14-22-49(37-50)44-17-6-2-7-18-44)40-54(39-52)55-35-36-59(58-26-13-12-25-57(55)58)63-42-62(67-66(68-63)48-20-8-3-9-21-48)51-32-33-60-61-34-31-47-19-10-11-24-56(47)65(61)69-64(60)41-51/h1-42H. The second kappa shape index (κ2) is 16.9. The van der Waals surface area contributed by atoms with Gasteiger partial charge in [0.15, 0.2) is 5.82 Å². The summed E-state index contributed by atoms with van der Waals surface area (Å²) < 4.78 is 6.65. The van der Waals surface area contributed by atoms with Crippen molar-refractivity contribution in [2.24, 2.45) is 0 Å². The molecule has 0 aliphatic carbocycles. The van der Waals surface area contributed by atoms with Crippen LogP contribution < -0.4 is 0 Å². The van der Waals surface area contributed by atoms with E-state index < -0.39 is 0 Å². The van der Waals surface area contributed by atoms with Crippen LogP contribution in [0.1, 0.15) is 0 Å². The second-order valence-corrected chi connectivity index (χ2v) is 17.7. The van der Waals surface area contributed by atoms with Gasteiger partial charge in [-0.2, -0.15) is 0 Å². The van der Waals surface area contributed by atoms with E-state index in [1.807, 2.05) is 18.2 Å². The summed E-state index contributed by atoms with van der Waals surface area (Å²) in [5.74, 6) is 0.667. The lowest BCUT2D eigenvalue weighted by Crippen LogP contribution is -1.97. The molecule has 0 aliphatic rings. The maximum atomic E-state index is 6.65. The van der Waals surface area contributed by atoms with Crippen LogP contribution >= 0.6 is 0 Å². The Labute approximate surface area is 400 Å². The predicted molar refractivity (Wildman–Crippen MR) is 288 cm³/mol. The van der Waals surface area contributed by atoms with Crippen LogP contribution in [-0.2, 0) is 0 Å². The van der Waals surface area contributed by atoms with Crippen molar-refractivity contribution < 1.29 is 4.42 Å². The van der Waals surface area contributed by atoms with Crippen LogP contribution in [-0.4, -0.2) is 9.97 Å². The molecule has 0 atom stereocenters. The molecule has 69 heavy (non-hydrogen) atoms. The predicted octanol–water partition coefficient (Wildman–Crippen LogP) is 18.0. The summed E-state index contributed by atoms with van der Waals surface area (Å²) in [5, 5.41) is 6.72. The smallest absolute Gasteiger partial charge is 0.160 e. The van der Waals surface area contributed by atoms with E-state index in [9.17, 15) is 0 Å². The highest BCUT2D eigenvalue weighted by Crippen LogP contribution is 2.42. The van der Waals surface area contributed by atoms with Gasteiger partial charge >= 0.3 is 0 Å². The van der Waals surface area contributed by atoms with Crippen molar-refractivity contribution in [3.8, 4) is 89.5 Å². The van der Waals surface area contributed by atoms with Crippen LogP contribution in [0.25, 0.3) is 133 Å². The molecule has 0 bridgehead atoms. The number of benzene rings is 11. The Morgan fingerprint density at radius 3 is 1.45 bits per heavy atom. The van der Waals surface area contributed by atoms with Crippen molar-refractivity contribution in [1.29, 1.82) is 0 Å². The van der Waals surface area contributed by atoms with Crippen LogP contribution in [0.5, 0.6) is 0 Å². The third-order valence-electron chi connectivity index (χ3n) is 13.5. The molecule has 2 aromatic heterocycles. The van der Waals surface area contributed by atoms with E-state index in [4.69, 9.17) is 14.4 Å². The Balaban J connectivity index is 0.960. The fraction of sp³-hybridized carbons (Fsp3) is 0. The summed E-state index contributed by atoms with van der Waals surface area (Å²) in [4.78, 5) is 10.5. The molecule has 0 radical (unpaired) electrons. The third-order valence-corrected chi connectivity index (χ3v) is 13.5. The summed E-state index contributed by atoms with van der Waals surface area (Å²) >= 11 is 0. The van der Waals surface area contributed by atoms with Crippen LogP contribution in [0.4, 0.5) is 0 Å². The first-order valence-corrected chi connectivity index (χ1v) is 23.5. The topological polar surface area (TPSA) is 38.9 Å². The van der Waals surface area contributed by atoms with Crippen LogP contribution in [0, 0.1) is 0 Å². The number of furan rings is 1. The number of aromatic nitrogens is 2. The van der Waals surface area contributed by atoms with E-state index >= 15 is 0 Å². The van der Waals surface area contributed by atoms with Gasteiger partial charge in [-0.05, 0) is 120 Å². The van der Waals surface area contributed by atoms with Crippen molar-refractivity contribution >= 4 is 43.5 Å². The highest BCUT2D eigenvalue weighted by Gasteiger charge is 2.18. The minimum atomic E-state index is 0.667. The van der Waals surface area contributed by atoms with E-state index in [0.717, 1.165) is 105 Å². The average molecular weight is 879 g/mol. The van der Waals surface area contributed by atoms with E-state index in [1.165, 1.54) is 22.3 Å². The molecule has 11 aromatic carbocycles. The van der Waals surface area contributed by atoms with Gasteiger partial charge < -0.3 is 4.42 Å². The molecular formula is C66H42N2O. The lowest BCUT2D eigenvalue weighted by Gasteiger charge is -2.16. The summed E-state index contributed by atoms with van der Waals surface area (Å²) in [5.41, 5.74) is 18.1. The van der Waals surface area contributed by atoms with Crippen LogP contribution in [0.2, 0.25) is 0 Å². The Hall–Kier alpha value is -9.18. The van der Waals surface area contributed by atoms with E-state index in [2.05, 4.69) is 237 Å². The van der Waals surface area contributed by atoms with Crippen molar-refractivity contribution in [3.63, 3.8) is 0 Å². The maximum Gasteiger partial charge on any atom is 0.160 e. The van der Waals surface area contributed by atoms with E-state index in [-0.39, 0.29) is 0 Å². The first-order chi connectivity index (χ1) is 34.2. The van der Waals surface area contributed by atoms with Crippen molar-refractivity contribution in [3.05, 3.63) is 255 Å². The molecule has 13 aromatic rings. The molecular weight excluding hydrogens is 837 g/mol. The van der Waals surface area contributed by atoms with Gasteiger partial charge in [-0.1, -0.05) is 206 Å². The Morgan fingerprint density at radius 1 is 0.246 bits per heavy atom. The highest BCUT2D eigenvalue weighted by molar-refractivity contribution is 6.15. The van der Waals surface area contributed by atoms with E-state index in [1.54, 1.807) is 0 Å². The first-order valence-electron chi connectivity index (χ1n) is 23.5. The minimum absolute atomic E-state index is 0.667. The minimum Gasteiger partial charge on any atom is -0.455 e. The fourth-order valence-electron chi connectivity index (χ4n) is 10.00. The molecule has 3 nitrogen and oxygen atoms in total. The third kappa shape index (κ3) is 7.43. The fourth-order valence-corrected chi connectivity index (χ4v) is 10.00. The molecule has 322 valence electrons. The van der Waals surface area contributed by atoms with Gasteiger partial charge in [0, 0.05) is 32.8 Å². The van der Waals surface area contributed by atoms with Gasteiger partial charge in [0.25, 0.3) is 0 Å². The van der Waals surface area contributed by atoms with Gasteiger partial charge in [0.05, 0.1) is 11.4 Å². The number of fused-ring (bicyclic) bond motifs is 6. The zero-order chi connectivity index (χ0) is 45.7. The summed E-state index contributed by atoms with van der Waals surface area (Å²) in [6.07, 6.45) is 0. The number of nitrogens with zero attached hydrogens (tertiary/aromatic N) is 2. The Kier molecular flexibility index (Phi) is 9.84. The SMILES string of the molecule is c1ccc(-c2ccc(-c3cc(-c4cccc(-c5ccccc5)c4)cc(-c4ccc(-c5cc(-c6ccc7c(c6)oc6c8ccccc8ccc76)nc(-c6ccccc6)n5)c5ccccc45)c3)cc2)cc1. The maximum absolute atomic E-state index is 6.65. The molecule has 0 aliphatic heterocycles. The lowest BCUT2D eigenvalue weighted by molar-refractivity contribution is 0.673. The number of hydrogen-bond donors (Lipinski definition) is 0. The van der Waals surface area contributed by atoms with Gasteiger partial charge in [-0.3, -0.25) is 0 Å². The van der Waals surface area contributed by atoms with E-state index in [0.29, 0.717) is 5.82 Å². The van der Waals surface area contributed by atoms with Crippen molar-refractivity contribution in [1.82, 2.24) is 9.97 Å². The summed E-state index contributed by atoms with van der Waals surface area (Å²) in [7, 11) is 0. The number of hydrogen-bond acceptors (Lipinski definition) is 3. The molecule has 0 spiro atoms. The molecule has 0 unspecified atom stereocenters. The average Bonchev–Trinajstić information content (AvgIpc) is 3.82. The molecule has 3 heteroatoms. The van der Waals surface area contributed by atoms with Gasteiger partial charge in [0.1, 0.15) is 11.2 Å². The Bertz CT molecular complexity index is 4040. The zero-order valence-corrected chi connectivity index (χ0v) is 37.6. The van der Waals surface area contributed by atoms with Gasteiger partial charge in [-0.15, -0.1) is 0 Å². The molecule has 13 rings (SSSR count). The van der Waals surface area contributed by atoms with Gasteiger partial charge in [0.2, 0.25) is 0 Å². The highest BCUT2D eigenvalue weighted by atomic mass is 16.3. The second-order valence-electron chi connectivity index (χ2n) is 17.7. The summed E-state index contributed by atoms with van der Waals surface area (Å²) in [6, 6.07) is 90.8. The number of rotatable bonds is 8. The normalized spacial score (nSPS) is 11.5. The quantitative estimate of drug-likeness (QED) is 0.153. The monoisotopic (exact) mass is 878 g/mol. The molecule has 0 amide bonds. The summed E-state index contributed by atoms with van der Waals surface area (Å²) in [6.45, 7) is 0. The van der Waals surface area contributed by atoms with Gasteiger partial charge in [-0.25, -0.2) is 9.97 Å². The van der Waals surface area contributed by atoms with Crippen LogP contribution in [0.3, 0.4) is 0 Å². The first kappa shape index (κ1) is 40.1.